The SMILES string of the molecule is CC(=O)OCC1=C(C(=O)[O-])N2C(=O)[C@@H](NC(=O)C(NC(=O)N3CCN(Cc4cc(=O)c(O)c[nH]4)C(=O)C3=O)c3ccccc3)[C@H]2SC1.[Na+]. The van der Waals surface area contributed by atoms with Crippen molar-refractivity contribution in [2.45, 2.75) is 30.9 Å². The zero-order valence-electron chi connectivity index (χ0n) is 25.6. The fraction of sp³-hybridized carbons (Fsp3) is 0.310. The van der Waals surface area contributed by atoms with E-state index in [4.69, 9.17) is 4.74 Å². The first-order valence-corrected chi connectivity index (χ1v) is 15.1. The molecule has 3 atom stereocenters. The number of aromatic nitrogens is 1. The number of rotatable bonds is 9. The van der Waals surface area contributed by atoms with Crippen molar-refractivity contribution in [1.82, 2.24) is 30.3 Å². The van der Waals surface area contributed by atoms with E-state index in [1.807, 2.05) is 0 Å². The zero-order valence-corrected chi connectivity index (χ0v) is 28.4. The van der Waals surface area contributed by atoms with E-state index in [1.165, 1.54) is 12.1 Å². The van der Waals surface area contributed by atoms with Gasteiger partial charge in [-0.3, -0.25) is 38.6 Å². The zero-order chi connectivity index (χ0) is 34.0. The van der Waals surface area contributed by atoms with E-state index in [0.717, 1.165) is 40.7 Å². The number of esters is 1. The van der Waals surface area contributed by atoms with Crippen LogP contribution in [0.3, 0.4) is 0 Å². The molecule has 5 rings (SSSR count). The number of nitrogens with zero attached hydrogens (tertiary/aromatic N) is 3. The van der Waals surface area contributed by atoms with Gasteiger partial charge in [0.1, 0.15) is 24.1 Å². The number of H-pyrrole nitrogens is 1. The van der Waals surface area contributed by atoms with E-state index in [0.29, 0.717) is 4.90 Å². The Morgan fingerprint density at radius 1 is 1.10 bits per heavy atom. The Balaban J connectivity index is 0.00000520. The first kappa shape index (κ1) is 36.2. The van der Waals surface area contributed by atoms with Gasteiger partial charge < -0.3 is 40.3 Å². The number of piperazine rings is 1. The van der Waals surface area contributed by atoms with E-state index < -0.39 is 75.9 Å². The van der Waals surface area contributed by atoms with Crippen molar-refractivity contribution in [3.05, 3.63) is 75.3 Å². The van der Waals surface area contributed by atoms with Gasteiger partial charge in [0, 0.05) is 49.3 Å². The summed E-state index contributed by atoms with van der Waals surface area (Å²) in [5, 5.41) is 25.5. The predicted molar refractivity (Wildman–Crippen MR) is 157 cm³/mol. The minimum atomic E-state index is -1.65. The number of aromatic amines is 1. The average molecular weight is 691 g/mol. The van der Waals surface area contributed by atoms with Gasteiger partial charge in [-0.25, -0.2) is 4.79 Å². The van der Waals surface area contributed by atoms with Crippen LogP contribution in [0.1, 0.15) is 24.2 Å². The van der Waals surface area contributed by atoms with Crippen molar-refractivity contribution in [3.8, 4) is 5.75 Å². The van der Waals surface area contributed by atoms with Crippen molar-refractivity contribution in [1.29, 1.82) is 0 Å². The first-order valence-electron chi connectivity index (χ1n) is 14.1. The van der Waals surface area contributed by atoms with Crippen molar-refractivity contribution in [2.24, 2.45) is 0 Å². The Kier molecular flexibility index (Phi) is 11.4. The molecule has 19 heteroatoms. The fourth-order valence-corrected chi connectivity index (χ4v) is 6.50. The number of ether oxygens (including phenoxy) is 1. The average Bonchev–Trinajstić information content (AvgIpc) is 3.04. The van der Waals surface area contributed by atoms with Gasteiger partial charge in [-0.05, 0) is 5.56 Å². The van der Waals surface area contributed by atoms with Gasteiger partial charge in [0.2, 0.25) is 11.3 Å². The van der Waals surface area contributed by atoms with Crippen molar-refractivity contribution in [3.63, 3.8) is 0 Å². The molecule has 0 bridgehead atoms. The van der Waals surface area contributed by atoms with Gasteiger partial charge in [-0.1, -0.05) is 30.3 Å². The maximum Gasteiger partial charge on any atom is 1.00 e. The molecule has 48 heavy (non-hydrogen) atoms. The summed E-state index contributed by atoms with van der Waals surface area (Å²) in [6.45, 7) is 0.286. The minimum absolute atomic E-state index is 0. The van der Waals surface area contributed by atoms with Crippen LogP contribution in [0.2, 0.25) is 0 Å². The van der Waals surface area contributed by atoms with Crippen LogP contribution in [0.15, 0.2) is 58.7 Å². The third-order valence-electron chi connectivity index (χ3n) is 7.52. The Morgan fingerprint density at radius 2 is 1.81 bits per heavy atom. The number of nitrogens with one attached hydrogen (secondary N) is 3. The number of pyridine rings is 1. The van der Waals surface area contributed by atoms with Crippen LogP contribution in [-0.4, -0.2) is 103 Å². The smallest absolute Gasteiger partial charge is 0.543 e. The van der Waals surface area contributed by atoms with E-state index >= 15 is 0 Å². The molecule has 3 aliphatic heterocycles. The van der Waals surface area contributed by atoms with Crippen LogP contribution >= 0.6 is 11.8 Å². The largest absolute Gasteiger partial charge is 1.00 e. The monoisotopic (exact) mass is 690 g/mol. The Hall–Kier alpha value is -4.65. The van der Waals surface area contributed by atoms with Crippen LogP contribution in [0, 0.1) is 0 Å². The normalized spacial score (nSPS) is 19.4. The topological polar surface area (TPSA) is 239 Å². The van der Waals surface area contributed by atoms with Crippen molar-refractivity contribution >= 4 is 53.4 Å². The number of hydrogen-bond donors (Lipinski definition) is 4. The molecule has 0 aliphatic carbocycles. The number of thioether (sulfide) groups is 1. The molecule has 246 valence electrons. The Morgan fingerprint density at radius 3 is 2.46 bits per heavy atom. The Labute approximate surface area is 297 Å². The van der Waals surface area contributed by atoms with E-state index in [-0.39, 0.29) is 78.4 Å². The number of carbonyl (C=O) groups is 7. The maximum atomic E-state index is 13.6. The minimum Gasteiger partial charge on any atom is -0.543 e. The summed E-state index contributed by atoms with van der Waals surface area (Å²) < 4.78 is 4.90. The van der Waals surface area contributed by atoms with Gasteiger partial charge in [0.05, 0.1) is 18.2 Å². The van der Waals surface area contributed by atoms with Crippen LogP contribution in [0.5, 0.6) is 5.75 Å². The standard InChI is InChI=1S/C29H28N6O11S.Na/c1-14(36)46-12-16-13-47-27-21(24(40)35(27)22(16)28(43)44)31-23(39)20(15-5-3-2-4-6-15)32-29(45)34-8-7-33(25(41)26(34)42)11-17-9-18(37)19(38)10-30-17;/h2-6,9-10,20-21,27,38H,7-8,11-13H2,1H3,(H,30,37)(H,31,39)(H,32,45)(H,43,44);/q;+1/p-1/t20?,21-,27-;/m1./s1. The number of urea groups is 1. The quantitative estimate of drug-likeness (QED) is 0.0836. The van der Waals surface area contributed by atoms with Gasteiger partial charge in [-0.15, -0.1) is 11.8 Å². The molecule has 0 saturated carbocycles. The van der Waals surface area contributed by atoms with Crippen LogP contribution in [0.25, 0.3) is 0 Å². The molecule has 4 N–H and O–H groups in total. The molecule has 0 spiro atoms. The van der Waals surface area contributed by atoms with Gasteiger partial charge in [0.25, 0.3) is 5.91 Å². The molecule has 17 nitrogen and oxygen atoms in total. The number of carboxylic acid groups (broad SMARTS) is 1. The third kappa shape index (κ3) is 7.40. The van der Waals surface area contributed by atoms with E-state index in [2.05, 4.69) is 15.6 Å². The number of benzene rings is 1. The summed E-state index contributed by atoms with van der Waals surface area (Å²) in [6, 6.07) is 5.30. The molecule has 1 aromatic heterocycles. The van der Waals surface area contributed by atoms with E-state index in [1.54, 1.807) is 18.2 Å². The number of hydrogen-bond acceptors (Lipinski definition) is 12. The summed E-state index contributed by atoms with van der Waals surface area (Å²) in [4.78, 5) is 106. The maximum absolute atomic E-state index is 13.6. The number of carboxylic acids is 1. The first-order chi connectivity index (χ1) is 22.4. The summed E-state index contributed by atoms with van der Waals surface area (Å²) in [6.07, 6.45) is 1.05. The molecule has 2 aromatic rings. The second kappa shape index (κ2) is 15.1. The molecular formula is C29H27N6NaO11S. The van der Waals surface area contributed by atoms with Crippen molar-refractivity contribution in [2.75, 3.05) is 25.4 Å². The van der Waals surface area contributed by atoms with Gasteiger partial charge in [-0.2, -0.15) is 0 Å². The second-order valence-electron chi connectivity index (χ2n) is 10.6. The number of amides is 6. The summed E-state index contributed by atoms with van der Waals surface area (Å²) in [5.74, 6) is -6.58. The summed E-state index contributed by atoms with van der Waals surface area (Å²) in [7, 11) is 0. The second-order valence-corrected chi connectivity index (χ2v) is 11.7. The third-order valence-corrected chi connectivity index (χ3v) is 8.86. The molecular weight excluding hydrogens is 663 g/mol. The Bertz CT molecular complexity index is 1770. The van der Waals surface area contributed by atoms with Crippen LogP contribution in [0.4, 0.5) is 4.79 Å². The van der Waals surface area contributed by atoms with Crippen LogP contribution < -0.4 is 50.7 Å². The van der Waals surface area contributed by atoms with Gasteiger partial charge in [0.15, 0.2) is 5.75 Å². The molecule has 4 heterocycles. The van der Waals surface area contributed by atoms with Crippen LogP contribution in [-0.2, 0) is 40.0 Å². The molecule has 2 fully saturated rings. The number of aliphatic carboxylic acids is 1. The number of fused-ring (bicyclic) bond motifs is 1. The number of β-lactam (4-membered cyclic amide) rings is 1. The summed E-state index contributed by atoms with van der Waals surface area (Å²) >= 11 is 1.13. The fourth-order valence-electron chi connectivity index (χ4n) is 5.18. The molecule has 3 aliphatic rings. The van der Waals surface area contributed by atoms with Crippen molar-refractivity contribution < 1.29 is 78.1 Å². The van der Waals surface area contributed by atoms with Gasteiger partial charge >= 0.3 is 53.4 Å². The molecule has 1 unspecified atom stereocenters. The number of carbonyl (C=O) groups excluding carboxylic acids is 7. The predicted octanol–water partition coefficient (Wildman–Crippen LogP) is -5.33. The molecule has 1 aromatic carbocycles. The molecule has 0 radical (unpaired) electrons. The van der Waals surface area contributed by atoms with E-state index in [9.17, 15) is 48.6 Å². The molecule has 2 saturated heterocycles. The summed E-state index contributed by atoms with van der Waals surface area (Å²) in [5.41, 5.74) is -0.442. The number of aromatic hydroxyl groups is 1. The number of imide groups is 1. The molecule has 6 amide bonds.